The third kappa shape index (κ3) is 32.4. The first kappa shape index (κ1) is 52.9. The molecule has 1 aliphatic rings. The SMILES string of the molecule is CCCCCCCCCCCCCCCCCC(=O)OC[C@@H]1C[C@@H](OC(=O)CCC(=O)NCCCC)CN1C(=O)CCCCCCCCCCCCCCCCC. The van der Waals surface area contributed by atoms with Crippen molar-refractivity contribution >= 4 is 23.8 Å². The Morgan fingerprint density at radius 1 is 0.474 bits per heavy atom. The molecule has 1 aliphatic heterocycles. The molecule has 1 saturated heterocycles. The zero-order chi connectivity index (χ0) is 41.4. The lowest BCUT2D eigenvalue weighted by Gasteiger charge is -2.24. The molecule has 0 radical (unpaired) electrons. The standard InChI is InChI=1S/C49H92N2O6/c1-4-7-10-12-14-16-18-20-22-24-26-28-30-32-34-36-47(53)51-42-45(57-49(55)39-38-46(52)50-40-9-6-3)41-44(51)43-56-48(54)37-35-33-31-29-27-25-23-21-19-17-15-13-11-8-5-2/h44-45H,4-43H2,1-3H3,(H,50,52)/t44-,45+/m0/s1. The maximum Gasteiger partial charge on any atom is 0.306 e. The van der Waals surface area contributed by atoms with Crippen molar-refractivity contribution in [1.82, 2.24) is 10.2 Å². The molecule has 0 aliphatic carbocycles. The van der Waals surface area contributed by atoms with Crippen LogP contribution in [0.15, 0.2) is 0 Å². The van der Waals surface area contributed by atoms with E-state index >= 15 is 0 Å². The summed E-state index contributed by atoms with van der Waals surface area (Å²) in [5.41, 5.74) is 0. The van der Waals surface area contributed by atoms with E-state index in [0.29, 0.717) is 32.4 Å². The number of ether oxygens (including phenoxy) is 2. The molecule has 2 amide bonds. The van der Waals surface area contributed by atoms with Crippen LogP contribution in [0.2, 0.25) is 0 Å². The molecule has 8 heteroatoms. The van der Waals surface area contributed by atoms with E-state index in [0.717, 1.165) is 51.4 Å². The fourth-order valence-electron chi connectivity index (χ4n) is 8.07. The number of amides is 2. The van der Waals surface area contributed by atoms with E-state index in [9.17, 15) is 19.2 Å². The molecule has 0 bridgehead atoms. The van der Waals surface area contributed by atoms with Gasteiger partial charge in [0.2, 0.25) is 11.8 Å². The number of carbonyl (C=O) groups excluding carboxylic acids is 4. The molecule has 334 valence electrons. The number of nitrogens with one attached hydrogen (secondary N) is 1. The predicted molar refractivity (Wildman–Crippen MR) is 237 cm³/mol. The summed E-state index contributed by atoms with van der Waals surface area (Å²) in [5, 5.41) is 2.84. The van der Waals surface area contributed by atoms with Gasteiger partial charge in [-0.15, -0.1) is 0 Å². The average Bonchev–Trinajstić information content (AvgIpc) is 3.61. The van der Waals surface area contributed by atoms with Gasteiger partial charge in [0.1, 0.15) is 12.7 Å². The lowest BCUT2D eigenvalue weighted by atomic mass is 10.0. The van der Waals surface area contributed by atoms with Crippen molar-refractivity contribution in [3.63, 3.8) is 0 Å². The lowest BCUT2D eigenvalue weighted by Crippen LogP contribution is -2.39. The summed E-state index contributed by atoms with van der Waals surface area (Å²) < 4.78 is 11.5. The molecule has 0 spiro atoms. The van der Waals surface area contributed by atoms with Gasteiger partial charge in [-0.2, -0.15) is 0 Å². The minimum absolute atomic E-state index is 0.0143. The molecule has 8 nitrogen and oxygen atoms in total. The summed E-state index contributed by atoms with van der Waals surface area (Å²) in [4.78, 5) is 52.6. The highest BCUT2D eigenvalue weighted by molar-refractivity contribution is 5.81. The molecule has 1 fully saturated rings. The summed E-state index contributed by atoms with van der Waals surface area (Å²) in [7, 11) is 0. The molecule has 0 aromatic heterocycles. The largest absolute Gasteiger partial charge is 0.463 e. The highest BCUT2D eigenvalue weighted by Crippen LogP contribution is 2.24. The Balaban J connectivity index is 2.34. The van der Waals surface area contributed by atoms with E-state index < -0.39 is 12.1 Å². The van der Waals surface area contributed by atoms with Crippen molar-refractivity contribution in [2.45, 2.75) is 270 Å². The number of carbonyl (C=O) groups is 4. The third-order valence-electron chi connectivity index (χ3n) is 11.8. The van der Waals surface area contributed by atoms with Gasteiger partial charge in [0.05, 0.1) is 19.0 Å². The molecule has 0 unspecified atom stereocenters. The summed E-state index contributed by atoms with van der Waals surface area (Å²) in [5.74, 6) is -0.742. The lowest BCUT2D eigenvalue weighted by molar-refractivity contribution is -0.150. The second-order valence-corrected chi connectivity index (χ2v) is 17.3. The van der Waals surface area contributed by atoms with Crippen molar-refractivity contribution in [3.8, 4) is 0 Å². The number of esters is 2. The zero-order valence-electron chi connectivity index (χ0n) is 37.8. The van der Waals surface area contributed by atoms with Crippen LogP contribution in [0.25, 0.3) is 0 Å². The second kappa shape index (κ2) is 39.3. The van der Waals surface area contributed by atoms with Gasteiger partial charge in [0.25, 0.3) is 0 Å². The quantitative estimate of drug-likeness (QED) is 0.0488. The number of rotatable bonds is 41. The molecular formula is C49H92N2O6. The van der Waals surface area contributed by atoms with Gasteiger partial charge in [-0.1, -0.05) is 207 Å². The molecule has 0 saturated carbocycles. The Bertz CT molecular complexity index is 974. The van der Waals surface area contributed by atoms with Crippen molar-refractivity contribution < 1.29 is 28.7 Å². The Hall–Kier alpha value is -2.12. The Morgan fingerprint density at radius 2 is 0.877 bits per heavy atom. The fourth-order valence-corrected chi connectivity index (χ4v) is 8.07. The monoisotopic (exact) mass is 805 g/mol. The number of hydrogen-bond acceptors (Lipinski definition) is 6. The number of unbranched alkanes of at least 4 members (excludes halogenated alkanes) is 29. The molecule has 1 heterocycles. The van der Waals surface area contributed by atoms with Crippen LogP contribution in [-0.2, 0) is 28.7 Å². The highest BCUT2D eigenvalue weighted by atomic mass is 16.5. The minimum atomic E-state index is -0.454. The Morgan fingerprint density at radius 3 is 1.32 bits per heavy atom. The topological polar surface area (TPSA) is 102 Å². The van der Waals surface area contributed by atoms with Gasteiger partial charge >= 0.3 is 11.9 Å². The summed E-state index contributed by atoms with van der Waals surface area (Å²) in [6.45, 7) is 7.67. The molecule has 57 heavy (non-hydrogen) atoms. The number of likely N-dealkylation sites (tertiary alicyclic amines) is 1. The van der Waals surface area contributed by atoms with E-state index in [1.165, 1.54) is 154 Å². The van der Waals surface area contributed by atoms with Crippen molar-refractivity contribution in [1.29, 1.82) is 0 Å². The Labute approximate surface area is 351 Å². The molecule has 2 atom stereocenters. The van der Waals surface area contributed by atoms with E-state index in [4.69, 9.17) is 9.47 Å². The van der Waals surface area contributed by atoms with Crippen molar-refractivity contribution in [3.05, 3.63) is 0 Å². The van der Waals surface area contributed by atoms with Gasteiger partial charge in [-0.05, 0) is 19.3 Å². The van der Waals surface area contributed by atoms with Crippen LogP contribution < -0.4 is 5.32 Å². The van der Waals surface area contributed by atoms with Crippen LogP contribution in [0.1, 0.15) is 258 Å². The number of nitrogens with zero attached hydrogens (tertiary/aromatic N) is 1. The first-order valence-corrected chi connectivity index (χ1v) is 24.8. The van der Waals surface area contributed by atoms with Gasteiger partial charge < -0.3 is 19.7 Å². The first-order chi connectivity index (χ1) is 27.9. The van der Waals surface area contributed by atoms with E-state index in [1.54, 1.807) is 4.90 Å². The van der Waals surface area contributed by atoms with Gasteiger partial charge in [-0.3, -0.25) is 19.2 Å². The molecule has 1 rings (SSSR count). The summed E-state index contributed by atoms with van der Waals surface area (Å²) in [6.07, 6.45) is 41.3. The van der Waals surface area contributed by atoms with E-state index in [2.05, 4.69) is 26.1 Å². The average molecular weight is 805 g/mol. The maximum atomic E-state index is 13.4. The fraction of sp³-hybridized carbons (Fsp3) is 0.918. The molecule has 1 N–H and O–H groups in total. The van der Waals surface area contributed by atoms with Crippen LogP contribution >= 0.6 is 0 Å². The predicted octanol–water partition coefficient (Wildman–Crippen LogP) is 13.3. The van der Waals surface area contributed by atoms with Crippen molar-refractivity contribution in [2.24, 2.45) is 0 Å². The molecule has 0 aromatic rings. The highest BCUT2D eigenvalue weighted by Gasteiger charge is 2.37. The van der Waals surface area contributed by atoms with Crippen LogP contribution in [-0.4, -0.2) is 60.5 Å². The third-order valence-corrected chi connectivity index (χ3v) is 11.8. The normalized spacial score (nSPS) is 15.2. The van der Waals surface area contributed by atoms with E-state index in [1.807, 2.05) is 0 Å². The smallest absolute Gasteiger partial charge is 0.306 e. The van der Waals surface area contributed by atoms with Crippen LogP contribution in [0, 0.1) is 0 Å². The minimum Gasteiger partial charge on any atom is -0.463 e. The number of hydrogen-bond donors (Lipinski definition) is 1. The first-order valence-electron chi connectivity index (χ1n) is 24.8. The summed E-state index contributed by atoms with van der Waals surface area (Å²) >= 11 is 0. The zero-order valence-corrected chi connectivity index (χ0v) is 37.8. The van der Waals surface area contributed by atoms with Gasteiger partial charge in [-0.25, -0.2) is 0 Å². The molecular weight excluding hydrogens is 713 g/mol. The maximum absolute atomic E-state index is 13.4. The van der Waals surface area contributed by atoms with Crippen LogP contribution in [0.5, 0.6) is 0 Å². The van der Waals surface area contributed by atoms with Crippen LogP contribution in [0.3, 0.4) is 0 Å². The second-order valence-electron chi connectivity index (χ2n) is 17.3. The van der Waals surface area contributed by atoms with Crippen LogP contribution in [0.4, 0.5) is 0 Å². The van der Waals surface area contributed by atoms with E-state index in [-0.39, 0.29) is 43.3 Å². The van der Waals surface area contributed by atoms with Gasteiger partial charge in [0, 0.05) is 32.2 Å². The summed E-state index contributed by atoms with van der Waals surface area (Å²) in [6, 6.07) is -0.297. The Kier molecular flexibility index (Phi) is 36.5. The van der Waals surface area contributed by atoms with Gasteiger partial charge in [0.15, 0.2) is 0 Å². The van der Waals surface area contributed by atoms with Crippen molar-refractivity contribution in [2.75, 3.05) is 19.7 Å². The molecule has 0 aromatic carbocycles.